The molecule has 3 saturated heterocycles. The molecule has 5 aliphatic heterocycles. The van der Waals surface area contributed by atoms with Crippen LogP contribution in [-0.4, -0.2) is 98.2 Å². The van der Waals surface area contributed by atoms with E-state index in [4.69, 9.17) is 9.47 Å². The normalized spacial score (nSPS) is 22.7. The number of fused-ring (bicyclic) bond motifs is 2. The lowest BCUT2D eigenvalue weighted by molar-refractivity contribution is -0.136. The van der Waals surface area contributed by atoms with Crippen LogP contribution < -0.4 is 24.6 Å². The Hall–Kier alpha value is -5.69. The minimum Gasteiger partial charge on any atom is -0.508 e. The van der Waals surface area contributed by atoms with Gasteiger partial charge in [0.2, 0.25) is 11.8 Å². The van der Waals surface area contributed by atoms with Crippen LogP contribution in [0.2, 0.25) is 0 Å². The highest BCUT2D eigenvalue weighted by Gasteiger charge is 2.40. The third kappa shape index (κ3) is 7.20. The second kappa shape index (κ2) is 15.6. The van der Waals surface area contributed by atoms with Gasteiger partial charge in [-0.05, 0) is 90.4 Å². The minimum atomic E-state index is -0.632. The minimum absolute atomic E-state index is 0.0167. The van der Waals surface area contributed by atoms with Gasteiger partial charge in [0.15, 0.2) is 0 Å². The Morgan fingerprint density at radius 3 is 2.36 bits per heavy atom. The fourth-order valence-electron chi connectivity index (χ4n) is 9.69. The van der Waals surface area contributed by atoms with Crippen LogP contribution in [0.5, 0.6) is 17.2 Å². The van der Waals surface area contributed by atoms with Crippen LogP contribution >= 0.6 is 0 Å². The number of piperidine rings is 2. The molecule has 3 atom stereocenters. The van der Waals surface area contributed by atoms with Crippen LogP contribution in [0.25, 0.3) is 0 Å². The number of phenolic OH excluding ortho intramolecular Hbond substituents is 1. The van der Waals surface area contributed by atoms with Gasteiger partial charge in [0.05, 0.1) is 13.7 Å². The summed E-state index contributed by atoms with van der Waals surface area (Å²) in [4.78, 5) is 45.5. The van der Waals surface area contributed by atoms with Crippen LogP contribution in [0.4, 0.5) is 20.2 Å². The van der Waals surface area contributed by atoms with Crippen molar-refractivity contribution in [1.82, 2.24) is 15.1 Å². The van der Waals surface area contributed by atoms with Gasteiger partial charge in [-0.25, -0.2) is 8.78 Å². The average molecular weight is 792 g/mol. The highest BCUT2D eigenvalue weighted by Crippen LogP contribution is 2.48. The second-order valence-electron chi connectivity index (χ2n) is 16.2. The monoisotopic (exact) mass is 791 g/mol. The third-order valence-corrected chi connectivity index (χ3v) is 12.8. The fourth-order valence-corrected chi connectivity index (χ4v) is 9.69. The molecule has 3 amide bonds. The predicted molar refractivity (Wildman–Crippen MR) is 214 cm³/mol. The smallest absolute Gasteiger partial charge is 0.255 e. The van der Waals surface area contributed by atoms with Crippen molar-refractivity contribution in [2.45, 2.75) is 50.1 Å². The first-order valence-electron chi connectivity index (χ1n) is 20.2. The Balaban J connectivity index is 0.818. The number of carbonyl (C=O) groups excluding carboxylic acids is 3. The molecule has 0 radical (unpaired) electrons. The zero-order valence-corrected chi connectivity index (χ0v) is 32.5. The predicted octanol–water partition coefficient (Wildman–Crippen LogP) is 5.79. The SMILES string of the molecule is COc1cccc([C@@H]2COc3cc(O)ccc3[C@@H]2c2cc(F)c(N3CCC(CN4CCN(c5ccc6c(c5)CN([C@H]5CCC(=O)NC5=O)C6=O)CC4)CC3)c(F)c2)c1. The number of phenols is 1. The van der Waals surface area contributed by atoms with E-state index in [0.717, 1.165) is 67.9 Å². The molecule has 4 aromatic carbocycles. The van der Waals surface area contributed by atoms with Gasteiger partial charge < -0.3 is 29.3 Å². The number of methoxy groups -OCH3 is 1. The number of aromatic hydroxyl groups is 1. The van der Waals surface area contributed by atoms with Crippen molar-refractivity contribution in [3.8, 4) is 17.2 Å². The molecule has 0 aromatic heterocycles. The standard InChI is InChI=1S/C45H47F2N5O6/c1-57-33-4-2-3-28(20-33)36-26-58-40-23-32(53)6-8-35(40)42(36)29-21-37(46)43(38(47)22-29)51-13-11-27(12-14-51)24-49-15-17-50(18-16-49)31-5-7-34-30(19-31)25-52(45(34)56)39-9-10-41(54)48-44(39)55/h2-8,19-23,27,36,39,42,53H,9-18,24-26H2,1H3,(H,48,54,55)/t36-,39-,42-/m0/s1. The zero-order valence-electron chi connectivity index (χ0n) is 32.5. The zero-order chi connectivity index (χ0) is 40.1. The molecule has 0 unspecified atom stereocenters. The number of carbonyl (C=O) groups is 3. The number of imide groups is 1. The summed E-state index contributed by atoms with van der Waals surface area (Å²) in [6, 6.07) is 20.8. The highest BCUT2D eigenvalue weighted by molar-refractivity contribution is 6.05. The van der Waals surface area contributed by atoms with Crippen LogP contribution in [0.1, 0.15) is 70.1 Å². The molecule has 302 valence electrons. The first kappa shape index (κ1) is 37.9. The number of nitrogens with one attached hydrogen (secondary N) is 1. The first-order chi connectivity index (χ1) is 28.1. The summed E-state index contributed by atoms with van der Waals surface area (Å²) in [7, 11) is 1.60. The molecule has 0 bridgehead atoms. The Bertz CT molecular complexity index is 2230. The van der Waals surface area contributed by atoms with Gasteiger partial charge in [-0.15, -0.1) is 0 Å². The molecule has 4 aromatic rings. The van der Waals surface area contributed by atoms with Crippen LogP contribution in [0.3, 0.4) is 0 Å². The van der Waals surface area contributed by atoms with Crippen molar-refractivity contribution < 1.29 is 37.7 Å². The lowest BCUT2D eigenvalue weighted by Gasteiger charge is -2.40. The summed E-state index contributed by atoms with van der Waals surface area (Å²) in [6.07, 6.45) is 2.23. The molecular formula is C45H47F2N5O6. The van der Waals surface area contributed by atoms with E-state index in [2.05, 4.69) is 21.2 Å². The molecule has 9 rings (SSSR count). The number of nitrogens with zero attached hydrogens (tertiary/aromatic N) is 4. The van der Waals surface area contributed by atoms with Crippen molar-refractivity contribution in [3.63, 3.8) is 0 Å². The summed E-state index contributed by atoms with van der Waals surface area (Å²) < 4.78 is 43.9. The third-order valence-electron chi connectivity index (χ3n) is 12.8. The lowest BCUT2D eigenvalue weighted by Crippen LogP contribution is -2.52. The van der Waals surface area contributed by atoms with Crippen molar-refractivity contribution in [1.29, 1.82) is 0 Å². The van der Waals surface area contributed by atoms with Crippen molar-refractivity contribution in [2.24, 2.45) is 5.92 Å². The number of anilines is 2. The summed E-state index contributed by atoms with van der Waals surface area (Å²) in [6.45, 7) is 6.11. The number of hydrogen-bond donors (Lipinski definition) is 2. The molecule has 3 fully saturated rings. The molecule has 2 N–H and O–H groups in total. The summed E-state index contributed by atoms with van der Waals surface area (Å²) >= 11 is 0. The van der Waals surface area contributed by atoms with E-state index in [1.54, 1.807) is 30.2 Å². The Kier molecular flexibility index (Phi) is 10.2. The maximum atomic E-state index is 16.2. The Morgan fingerprint density at radius 2 is 1.62 bits per heavy atom. The van der Waals surface area contributed by atoms with Crippen LogP contribution in [0, 0.1) is 17.6 Å². The maximum Gasteiger partial charge on any atom is 0.255 e. The van der Waals surface area contributed by atoms with Gasteiger partial charge in [0, 0.05) is 93.5 Å². The highest BCUT2D eigenvalue weighted by atomic mass is 19.1. The van der Waals surface area contributed by atoms with Gasteiger partial charge >= 0.3 is 0 Å². The Labute approximate surface area is 336 Å². The lowest BCUT2D eigenvalue weighted by atomic mass is 9.75. The topological polar surface area (TPSA) is 115 Å². The van der Waals surface area contributed by atoms with Crippen molar-refractivity contribution >= 4 is 29.1 Å². The van der Waals surface area contributed by atoms with Crippen molar-refractivity contribution in [3.05, 3.63) is 112 Å². The van der Waals surface area contributed by atoms with Gasteiger partial charge in [-0.3, -0.25) is 24.6 Å². The number of rotatable bonds is 8. The van der Waals surface area contributed by atoms with Crippen molar-refractivity contribution in [2.75, 3.05) is 69.3 Å². The fraction of sp³-hybridized carbons (Fsp3) is 0.400. The van der Waals surface area contributed by atoms with E-state index >= 15 is 8.78 Å². The summed E-state index contributed by atoms with van der Waals surface area (Å²) in [5, 5.41) is 12.5. The number of benzene rings is 4. The maximum absolute atomic E-state index is 16.2. The van der Waals surface area contributed by atoms with Gasteiger partial charge in [-0.2, -0.15) is 0 Å². The number of amides is 3. The van der Waals surface area contributed by atoms with Crippen LogP contribution in [0.15, 0.2) is 72.8 Å². The van der Waals surface area contributed by atoms with E-state index in [-0.39, 0.29) is 42.2 Å². The van der Waals surface area contributed by atoms with E-state index in [9.17, 15) is 19.5 Å². The molecule has 5 aliphatic rings. The number of ether oxygens (including phenoxy) is 2. The molecule has 13 heteroatoms. The van der Waals surface area contributed by atoms with Gasteiger partial charge in [0.25, 0.3) is 5.91 Å². The van der Waals surface area contributed by atoms with E-state index in [1.807, 2.05) is 41.3 Å². The summed E-state index contributed by atoms with van der Waals surface area (Å²) in [5.41, 5.74) is 4.78. The Morgan fingerprint density at radius 1 is 0.845 bits per heavy atom. The molecule has 5 heterocycles. The van der Waals surface area contributed by atoms with E-state index in [0.29, 0.717) is 54.6 Å². The molecular weight excluding hydrogens is 745 g/mol. The molecule has 58 heavy (non-hydrogen) atoms. The largest absolute Gasteiger partial charge is 0.508 e. The van der Waals surface area contributed by atoms with Gasteiger partial charge in [0.1, 0.15) is 40.6 Å². The second-order valence-corrected chi connectivity index (χ2v) is 16.2. The number of halogens is 2. The average Bonchev–Trinajstić information content (AvgIpc) is 3.55. The quantitative estimate of drug-likeness (QED) is 0.214. The molecule has 11 nitrogen and oxygen atoms in total. The number of piperazine rings is 1. The molecule has 0 saturated carbocycles. The van der Waals surface area contributed by atoms with E-state index in [1.165, 1.54) is 12.1 Å². The number of hydrogen-bond acceptors (Lipinski definition) is 9. The van der Waals surface area contributed by atoms with Gasteiger partial charge in [-0.1, -0.05) is 18.2 Å². The molecule has 0 spiro atoms. The first-order valence-corrected chi connectivity index (χ1v) is 20.2. The molecule has 0 aliphatic carbocycles. The summed E-state index contributed by atoms with van der Waals surface area (Å²) in [5.74, 6) is -1.04. The van der Waals surface area contributed by atoms with Crippen LogP contribution in [-0.2, 0) is 16.1 Å². The van der Waals surface area contributed by atoms with E-state index < -0.39 is 29.5 Å².